The van der Waals surface area contributed by atoms with Crippen LogP contribution in [0.15, 0.2) is 321 Å². The van der Waals surface area contributed by atoms with Crippen molar-refractivity contribution in [2.24, 2.45) is 39.9 Å². The van der Waals surface area contributed by atoms with Crippen molar-refractivity contribution in [2.75, 3.05) is 9.80 Å². The Morgan fingerprint density at radius 1 is 0.250 bits per heavy atom. The fourth-order valence-electron chi connectivity index (χ4n) is 10.4. The summed E-state index contributed by atoms with van der Waals surface area (Å²) in [4.78, 5) is 49.4. The predicted molar refractivity (Wildman–Crippen MR) is 354 cm³/mol. The number of halogens is 2. The summed E-state index contributed by atoms with van der Waals surface area (Å²) in [5, 5.41) is 0. The van der Waals surface area contributed by atoms with Crippen LogP contribution < -0.4 is 9.80 Å². The van der Waals surface area contributed by atoms with Crippen LogP contribution >= 0.6 is 67.1 Å². The third-order valence-electron chi connectivity index (χ3n) is 14.5. The topological polar surface area (TPSA) is 105 Å². The molecule has 0 amide bonds. The normalized spacial score (nSPS) is 15.1. The summed E-state index contributed by atoms with van der Waals surface area (Å²) in [6.07, 6.45) is 1.08. The van der Waals surface area contributed by atoms with Crippen LogP contribution in [0.3, 0.4) is 0 Å². The minimum atomic E-state index is 0.556. The molecular weight excluding hydrogens is 1220 g/mol. The molecule has 84 heavy (non-hydrogen) atoms. The standard InChI is InChI=1S/C40H24N6S2.C16H8Br2N4.C13H10S/c1-5-13-33-29(9-1)45(30-10-2-6-14-34(30)47-33)27-21-17-25(18-22-27)37-41-39-40(42-37)44-38(43-39)26-19-23-28(24-20-26)46-31-11-3-7-15-35(31)48-36-16-8-4-12-32(36)46;17-11-5-1-9(2-6-11)13-19-15-16(20-13)22-14(21-15)10-3-7-12(18)8-4-10;1-3-7-12-10(5-1)9-11-6-2-4-8-13(11)14-12/h1-24H;1-8H;1-8H,9H2. The first-order valence-corrected chi connectivity index (χ1v) is 31.0. The number of para-hydroxylation sites is 4. The van der Waals surface area contributed by atoms with Gasteiger partial charge in [-0.05, 0) is 151 Å². The first-order chi connectivity index (χ1) is 41.4. The quantitative estimate of drug-likeness (QED) is 0.165. The Morgan fingerprint density at radius 3 is 0.798 bits per heavy atom. The lowest BCUT2D eigenvalue weighted by atomic mass is 10.0. The van der Waals surface area contributed by atoms with Crippen molar-refractivity contribution in [2.45, 2.75) is 35.8 Å². The molecule has 10 aromatic carbocycles. The van der Waals surface area contributed by atoms with Gasteiger partial charge in [0.15, 0.2) is 23.3 Å². The van der Waals surface area contributed by atoms with E-state index in [1.807, 2.05) is 83.8 Å². The molecule has 0 aromatic heterocycles. The molecule has 400 valence electrons. The molecule has 7 heterocycles. The largest absolute Gasteiger partial charge is 0.308 e. The highest BCUT2D eigenvalue weighted by atomic mass is 79.9. The number of anilines is 6. The first kappa shape index (κ1) is 52.0. The Kier molecular flexibility index (Phi) is 13.9. The molecular formula is C69H42Br2N10S3. The molecule has 0 fully saturated rings. The van der Waals surface area contributed by atoms with Crippen LogP contribution in [-0.2, 0) is 6.42 Å². The van der Waals surface area contributed by atoms with Gasteiger partial charge in [-0.1, -0.05) is 176 Å². The zero-order valence-electron chi connectivity index (χ0n) is 44.3. The third kappa shape index (κ3) is 10.2. The van der Waals surface area contributed by atoms with Crippen molar-refractivity contribution >= 4 is 148 Å². The Bertz CT molecular complexity index is 4150. The summed E-state index contributed by atoms with van der Waals surface area (Å²) in [6, 6.07) is 84.0. The Balaban J connectivity index is 0.000000136. The van der Waals surface area contributed by atoms with E-state index in [2.05, 4.69) is 256 Å². The molecule has 7 aliphatic rings. The second-order valence-corrected chi connectivity index (χ2v) is 24.9. The molecule has 0 unspecified atom stereocenters. The molecule has 0 bridgehead atoms. The van der Waals surface area contributed by atoms with Gasteiger partial charge in [0.05, 0.1) is 22.7 Å². The molecule has 17 rings (SSSR count). The summed E-state index contributed by atoms with van der Waals surface area (Å²) in [6.45, 7) is 0. The SMILES string of the molecule is Brc1ccc(C2=NC3=NC(c4ccc(Br)cc4)=NC3=N2)cc1.c1ccc2c(c1)Cc1ccccc1S2.c1ccc2c(c1)Sc1ccccc1N2c1ccc(C2=NC3=NC(c4ccc(N5c6ccccc6Sc6ccccc65)cc4)=NC3=N2)cc1. The fraction of sp³-hybridized carbons (Fsp3) is 0.0145. The van der Waals surface area contributed by atoms with E-state index in [0.717, 1.165) is 49.0 Å². The van der Waals surface area contributed by atoms with Gasteiger partial charge in [0.25, 0.3) is 0 Å². The van der Waals surface area contributed by atoms with E-state index in [0.29, 0.717) is 46.7 Å². The minimum Gasteiger partial charge on any atom is -0.308 e. The highest BCUT2D eigenvalue weighted by Crippen LogP contribution is 2.53. The zero-order chi connectivity index (χ0) is 56.1. The average molecular weight is 1270 g/mol. The van der Waals surface area contributed by atoms with Crippen LogP contribution in [0.25, 0.3) is 0 Å². The molecule has 15 heteroatoms. The third-order valence-corrected chi connectivity index (χ3v) is 19.0. The summed E-state index contributed by atoms with van der Waals surface area (Å²) >= 11 is 12.3. The predicted octanol–water partition coefficient (Wildman–Crippen LogP) is 18.5. The maximum atomic E-state index is 4.77. The summed E-state index contributed by atoms with van der Waals surface area (Å²) in [7, 11) is 0. The van der Waals surface area contributed by atoms with E-state index in [9.17, 15) is 0 Å². The maximum Gasteiger partial charge on any atom is 0.202 e. The van der Waals surface area contributed by atoms with Gasteiger partial charge >= 0.3 is 0 Å². The Labute approximate surface area is 514 Å². The van der Waals surface area contributed by atoms with Gasteiger partial charge in [-0.25, -0.2) is 39.9 Å². The molecule has 0 N–H and O–H groups in total. The molecule has 10 nitrogen and oxygen atoms in total. The van der Waals surface area contributed by atoms with E-state index in [-0.39, 0.29) is 0 Å². The van der Waals surface area contributed by atoms with E-state index in [1.165, 1.54) is 63.2 Å². The van der Waals surface area contributed by atoms with Gasteiger partial charge in [0.1, 0.15) is 0 Å². The lowest BCUT2D eigenvalue weighted by Crippen LogP contribution is -2.14. The molecule has 10 aromatic rings. The molecule has 0 atom stereocenters. The minimum absolute atomic E-state index is 0.556. The van der Waals surface area contributed by atoms with E-state index in [4.69, 9.17) is 20.0 Å². The molecule has 0 saturated heterocycles. The average Bonchev–Trinajstić information content (AvgIpc) is 3.36. The Hall–Kier alpha value is -8.83. The summed E-state index contributed by atoms with van der Waals surface area (Å²) < 4.78 is 2.05. The summed E-state index contributed by atoms with van der Waals surface area (Å²) in [5.74, 6) is 4.83. The molecule has 0 saturated carbocycles. The Morgan fingerprint density at radius 2 is 0.488 bits per heavy atom. The lowest BCUT2D eigenvalue weighted by Gasteiger charge is -2.32. The number of aliphatic imine (C=N–C) groups is 8. The number of benzene rings is 10. The van der Waals surface area contributed by atoms with Crippen LogP contribution in [0.2, 0.25) is 0 Å². The van der Waals surface area contributed by atoms with Gasteiger partial charge in [-0.3, -0.25) is 0 Å². The van der Waals surface area contributed by atoms with Crippen LogP contribution in [0, 0.1) is 0 Å². The van der Waals surface area contributed by atoms with Gasteiger partial charge < -0.3 is 9.80 Å². The number of hydrogen-bond acceptors (Lipinski definition) is 13. The lowest BCUT2D eigenvalue weighted by molar-refractivity contribution is 1.06. The monoisotopic (exact) mass is 1260 g/mol. The molecule has 0 spiro atoms. The van der Waals surface area contributed by atoms with Crippen molar-refractivity contribution in [1.82, 2.24) is 0 Å². The second kappa shape index (κ2) is 22.4. The van der Waals surface area contributed by atoms with Crippen molar-refractivity contribution in [1.29, 1.82) is 0 Å². The van der Waals surface area contributed by atoms with E-state index in [1.54, 1.807) is 0 Å². The van der Waals surface area contributed by atoms with Crippen LogP contribution in [-0.4, -0.2) is 46.7 Å². The first-order valence-electron chi connectivity index (χ1n) is 27.0. The van der Waals surface area contributed by atoms with Gasteiger partial charge in [-0.15, -0.1) is 0 Å². The van der Waals surface area contributed by atoms with Crippen LogP contribution in [0.4, 0.5) is 34.1 Å². The van der Waals surface area contributed by atoms with E-state index >= 15 is 0 Å². The summed E-state index contributed by atoms with van der Waals surface area (Å²) in [5.41, 5.74) is 13.5. The van der Waals surface area contributed by atoms with Gasteiger partial charge in [0, 0.05) is 71.9 Å². The van der Waals surface area contributed by atoms with Crippen molar-refractivity contribution < 1.29 is 0 Å². The van der Waals surface area contributed by atoms with Crippen LogP contribution in [0.1, 0.15) is 33.4 Å². The smallest absolute Gasteiger partial charge is 0.202 e. The number of nitrogens with zero attached hydrogens (tertiary/aromatic N) is 10. The molecule has 0 radical (unpaired) electrons. The van der Waals surface area contributed by atoms with Gasteiger partial charge in [-0.2, -0.15) is 0 Å². The van der Waals surface area contributed by atoms with Crippen molar-refractivity contribution in [3.05, 3.63) is 285 Å². The van der Waals surface area contributed by atoms with Crippen LogP contribution in [0.5, 0.6) is 0 Å². The number of fused-ring (bicyclic) bond motifs is 8. The second-order valence-electron chi connectivity index (χ2n) is 19.8. The van der Waals surface area contributed by atoms with Crippen molar-refractivity contribution in [3.63, 3.8) is 0 Å². The number of rotatable bonds is 6. The molecule has 7 aliphatic heterocycles. The number of amidine groups is 8. The van der Waals surface area contributed by atoms with E-state index < -0.39 is 0 Å². The highest BCUT2D eigenvalue weighted by molar-refractivity contribution is 9.10. The zero-order valence-corrected chi connectivity index (χ0v) is 49.9. The molecule has 0 aliphatic carbocycles. The van der Waals surface area contributed by atoms with Crippen molar-refractivity contribution in [3.8, 4) is 0 Å². The maximum absolute atomic E-state index is 4.77. The number of hydrogen-bond donors (Lipinski definition) is 0. The fourth-order valence-corrected chi connectivity index (χ4v) is 14.1. The highest BCUT2D eigenvalue weighted by Gasteiger charge is 2.30. The van der Waals surface area contributed by atoms with Gasteiger partial charge in [0.2, 0.25) is 23.3 Å².